The van der Waals surface area contributed by atoms with Crippen molar-refractivity contribution >= 4 is 23.2 Å². The van der Waals surface area contributed by atoms with Gasteiger partial charge in [-0.1, -0.05) is 31.0 Å². The fourth-order valence-corrected chi connectivity index (χ4v) is 1.93. The maximum Gasteiger partial charge on any atom is 0.236 e. The smallest absolute Gasteiger partial charge is 0.236 e. The first kappa shape index (κ1) is 14.8. The number of benzene rings is 1. The zero-order chi connectivity index (χ0) is 13.5. The van der Waals surface area contributed by atoms with Crippen LogP contribution in [0.25, 0.3) is 0 Å². The molecule has 0 aliphatic carbocycles. The number of rotatable bonds is 7. The highest BCUT2D eigenvalue weighted by molar-refractivity contribution is 6.31. The Labute approximate surface area is 112 Å². The third-order valence-corrected chi connectivity index (χ3v) is 3.05. The summed E-state index contributed by atoms with van der Waals surface area (Å²) >= 11 is 6.04. The van der Waals surface area contributed by atoms with Crippen molar-refractivity contribution in [1.29, 1.82) is 0 Å². The fourth-order valence-electron chi connectivity index (χ4n) is 1.70. The van der Waals surface area contributed by atoms with Crippen molar-refractivity contribution in [2.75, 3.05) is 18.0 Å². The van der Waals surface area contributed by atoms with E-state index in [0.29, 0.717) is 10.6 Å². The van der Waals surface area contributed by atoms with Crippen LogP contribution < -0.4 is 10.6 Å². The van der Waals surface area contributed by atoms with Crippen molar-refractivity contribution in [2.45, 2.75) is 26.4 Å². The molecule has 1 amide bonds. The topological polar surface area (TPSA) is 66.6 Å². The minimum atomic E-state index is -0.367. The van der Waals surface area contributed by atoms with Gasteiger partial charge in [-0.15, -0.1) is 0 Å². The van der Waals surface area contributed by atoms with Gasteiger partial charge in [0.25, 0.3) is 0 Å². The summed E-state index contributed by atoms with van der Waals surface area (Å²) in [6.45, 7) is 2.93. The maximum absolute atomic E-state index is 11.1. The lowest BCUT2D eigenvalue weighted by molar-refractivity contribution is -0.116. The molecule has 0 bridgehead atoms. The van der Waals surface area contributed by atoms with Crippen molar-refractivity contribution in [3.63, 3.8) is 0 Å². The number of nitrogens with two attached hydrogens (primary N) is 1. The van der Waals surface area contributed by atoms with Crippen molar-refractivity contribution < 1.29 is 9.90 Å². The molecule has 100 valence electrons. The van der Waals surface area contributed by atoms with Crippen LogP contribution in [0.4, 0.5) is 5.69 Å². The third-order valence-electron chi connectivity index (χ3n) is 2.70. The summed E-state index contributed by atoms with van der Waals surface area (Å²) < 4.78 is 0. The van der Waals surface area contributed by atoms with Crippen molar-refractivity contribution in [3.8, 4) is 0 Å². The van der Waals surface area contributed by atoms with Gasteiger partial charge in [-0.25, -0.2) is 0 Å². The van der Waals surface area contributed by atoms with E-state index in [1.807, 2.05) is 11.0 Å². The first-order chi connectivity index (χ1) is 8.58. The van der Waals surface area contributed by atoms with Crippen molar-refractivity contribution in [1.82, 2.24) is 0 Å². The molecule has 0 atom stereocenters. The molecule has 0 saturated heterocycles. The van der Waals surface area contributed by atoms with E-state index in [1.54, 1.807) is 12.1 Å². The normalized spacial score (nSPS) is 10.4. The van der Waals surface area contributed by atoms with E-state index in [2.05, 4.69) is 6.92 Å². The Hall–Kier alpha value is -1.26. The average molecular weight is 271 g/mol. The number of hydrogen-bond acceptors (Lipinski definition) is 3. The van der Waals surface area contributed by atoms with E-state index in [0.717, 1.165) is 25.1 Å². The predicted octanol–water partition coefficient (Wildman–Crippen LogP) is 1.92. The van der Waals surface area contributed by atoms with Gasteiger partial charge < -0.3 is 15.7 Å². The molecule has 0 spiro atoms. The molecule has 0 aliphatic heterocycles. The highest BCUT2D eigenvalue weighted by atomic mass is 35.5. The number of carbonyl (C=O) groups excluding carboxylic acids is 1. The molecule has 18 heavy (non-hydrogen) atoms. The van der Waals surface area contributed by atoms with E-state index in [9.17, 15) is 4.79 Å². The first-order valence-corrected chi connectivity index (χ1v) is 6.38. The average Bonchev–Trinajstić information content (AvgIpc) is 2.34. The van der Waals surface area contributed by atoms with E-state index >= 15 is 0 Å². The zero-order valence-corrected chi connectivity index (χ0v) is 11.3. The van der Waals surface area contributed by atoms with E-state index in [1.165, 1.54) is 0 Å². The summed E-state index contributed by atoms with van der Waals surface area (Å²) in [5, 5.41) is 9.56. The van der Waals surface area contributed by atoms with Crippen LogP contribution in [0.2, 0.25) is 5.02 Å². The predicted molar refractivity (Wildman–Crippen MR) is 73.7 cm³/mol. The standard InChI is InChI=1S/C13H19ClN2O2/c1-2-3-6-16(8-13(15)18)11-5-4-10(9-17)12(14)7-11/h4-5,7,17H,2-3,6,8-9H2,1H3,(H2,15,18). The molecule has 0 unspecified atom stereocenters. The Balaban J connectivity index is 2.89. The van der Waals surface area contributed by atoms with Gasteiger partial charge in [-0.3, -0.25) is 4.79 Å². The molecule has 5 heteroatoms. The van der Waals surface area contributed by atoms with Crippen LogP contribution in [-0.4, -0.2) is 24.1 Å². The van der Waals surface area contributed by atoms with Crippen LogP contribution in [0.1, 0.15) is 25.3 Å². The van der Waals surface area contributed by atoms with Crippen LogP contribution in [0.15, 0.2) is 18.2 Å². The molecular formula is C13H19ClN2O2. The number of amides is 1. The summed E-state index contributed by atoms with van der Waals surface area (Å²) in [7, 11) is 0. The Bertz CT molecular complexity index is 410. The minimum Gasteiger partial charge on any atom is -0.392 e. The highest BCUT2D eigenvalue weighted by Crippen LogP contribution is 2.24. The molecule has 1 aromatic carbocycles. The molecule has 4 nitrogen and oxygen atoms in total. The lowest BCUT2D eigenvalue weighted by atomic mass is 10.2. The molecule has 0 aromatic heterocycles. The maximum atomic E-state index is 11.1. The van der Waals surface area contributed by atoms with E-state index in [-0.39, 0.29) is 19.1 Å². The van der Waals surface area contributed by atoms with Crippen LogP contribution in [0, 0.1) is 0 Å². The van der Waals surface area contributed by atoms with Crippen LogP contribution in [-0.2, 0) is 11.4 Å². The van der Waals surface area contributed by atoms with Gasteiger partial charge in [0.15, 0.2) is 0 Å². The first-order valence-electron chi connectivity index (χ1n) is 6.01. The quantitative estimate of drug-likeness (QED) is 0.796. The Kier molecular flexibility index (Phi) is 5.95. The number of nitrogens with zero attached hydrogens (tertiary/aromatic N) is 1. The molecule has 0 radical (unpaired) electrons. The monoisotopic (exact) mass is 270 g/mol. The second-order valence-electron chi connectivity index (χ2n) is 4.18. The Morgan fingerprint density at radius 2 is 2.22 bits per heavy atom. The summed E-state index contributed by atoms with van der Waals surface area (Å²) in [6.07, 6.45) is 2.02. The number of primary amides is 1. The highest BCUT2D eigenvalue weighted by Gasteiger charge is 2.10. The molecule has 0 saturated carbocycles. The Morgan fingerprint density at radius 1 is 1.50 bits per heavy atom. The third kappa shape index (κ3) is 4.20. The number of anilines is 1. The minimum absolute atomic E-state index is 0.0934. The summed E-state index contributed by atoms with van der Waals surface area (Å²) in [5.74, 6) is -0.367. The van der Waals surface area contributed by atoms with Crippen molar-refractivity contribution in [3.05, 3.63) is 28.8 Å². The van der Waals surface area contributed by atoms with Gasteiger partial charge in [-0.2, -0.15) is 0 Å². The van der Waals surface area contributed by atoms with Gasteiger partial charge in [0, 0.05) is 17.3 Å². The lowest BCUT2D eigenvalue weighted by Crippen LogP contribution is -2.34. The van der Waals surface area contributed by atoms with E-state index < -0.39 is 0 Å². The Morgan fingerprint density at radius 3 is 2.72 bits per heavy atom. The second-order valence-corrected chi connectivity index (χ2v) is 4.58. The molecule has 0 aliphatic rings. The largest absolute Gasteiger partial charge is 0.392 e. The number of aliphatic hydroxyl groups is 1. The van der Waals surface area contributed by atoms with Gasteiger partial charge in [0.1, 0.15) is 0 Å². The molecule has 0 heterocycles. The zero-order valence-electron chi connectivity index (χ0n) is 10.5. The number of aliphatic hydroxyl groups excluding tert-OH is 1. The van der Waals surface area contributed by atoms with E-state index in [4.69, 9.17) is 22.4 Å². The summed E-state index contributed by atoms with van der Waals surface area (Å²) in [6, 6.07) is 5.36. The van der Waals surface area contributed by atoms with Gasteiger partial charge >= 0.3 is 0 Å². The molecule has 3 N–H and O–H groups in total. The summed E-state index contributed by atoms with van der Waals surface area (Å²) in [5.41, 5.74) is 6.77. The van der Waals surface area contributed by atoms with Crippen molar-refractivity contribution in [2.24, 2.45) is 5.73 Å². The van der Waals surface area contributed by atoms with Gasteiger partial charge in [0.05, 0.1) is 13.2 Å². The second kappa shape index (κ2) is 7.24. The number of carbonyl (C=O) groups is 1. The molecular weight excluding hydrogens is 252 g/mol. The van der Waals surface area contributed by atoms with Crippen LogP contribution in [0.3, 0.4) is 0 Å². The lowest BCUT2D eigenvalue weighted by Gasteiger charge is -2.23. The van der Waals surface area contributed by atoms with Crippen LogP contribution in [0.5, 0.6) is 0 Å². The number of unbranched alkanes of at least 4 members (excludes halogenated alkanes) is 1. The summed E-state index contributed by atoms with van der Waals surface area (Å²) in [4.78, 5) is 13.0. The SMILES string of the molecule is CCCCN(CC(N)=O)c1ccc(CO)c(Cl)c1. The fraction of sp³-hybridized carbons (Fsp3) is 0.462. The molecule has 1 rings (SSSR count). The number of halogens is 1. The molecule has 0 fully saturated rings. The van der Waals surface area contributed by atoms with Gasteiger partial charge in [0.2, 0.25) is 5.91 Å². The molecule has 1 aromatic rings. The van der Waals surface area contributed by atoms with Gasteiger partial charge in [-0.05, 0) is 24.1 Å². The number of hydrogen-bond donors (Lipinski definition) is 2. The van der Waals surface area contributed by atoms with Crippen LogP contribution >= 0.6 is 11.6 Å².